The van der Waals surface area contributed by atoms with Gasteiger partial charge in [-0.1, -0.05) is 43.5 Å². The Morgan fingerprint density at radius 1 is 0.920 bits per heavy atom. The molecule has 0 spiro atoms. The standard InChI is InChI=1S/C12H14O2.C8H14O3/c1-10(2)12(13)14-9-8-11-6-4-3-5-7-11;1-7(2)8(10)11-6-4-3-5-9/h3-7H,1,8-9H2,2H3;9H,1,3-6H2,2H3. The summed E-state index contributed by atoms with van der Waals surface area (Å²) in [6.07, 6.45) is 2.12. The Morgan fingerprint density at radius 3 is 1.92 bits per heavy atom. The molecule has 5 nitrogen and oxygen atoms in total. The number of esters is 2. The van der Waals surface area contributed by atoms with Gasteiger partial charge in [-0.15, -0.1) is 0 Å². The van der Waals surface area contributed by atoms with Crippen LogP contribution in [0.4, 0.5) is 0 Å². The van der Waals surface area contributed by atoms with Gasteiger partial charge in [0.25, 0.3) is 0 Å². The number of unbranched alkanes of at least 4 members (excludes halogenated alkanes) is 1. The lowest BCUT2D eigenvalue weighted by atomic mass is 10.2. The van der Waals surface area contributed by atoms with Crippen LogP contribution in [0.15, 0.2) is 54.6 Å². The molecule has 1 aromatic carbocycles. The van der Waals surface area contributed by atoms with Crippen molar-refractivity contribution in [1.82, 2.24) is 0 Å². The molecule has 0 saturated heterocycles. The highest BCUT2D eigenvalue weighted by Crippen LogP contribution is 2.01. The Morgan fingerprint density at radius 2 is 1.44 bits per heavy atom. The fraction of sp³-hybridized carbons (Fsp3) is 0.400. The van der Waals surface area contributed by atoms with Crippen LogP contribution in [0.25, 0.3) is 0 Å². The van der Waals surface area contributed by atoms with Crippen LogP contribution in [0.2, 0.25) is 0 Å². The Balaban J connectivity index is 0.000000477. The summed E-state index contributed by atoms with van der Waals surface area (Å²) in [5.74, 6) is -0.677. The maximum Gasteiger partial charge on any atom is 0.333 e. The molecule has 138 valence electrons. The van der Waals surface area contributed by atoms with Crippen LogP contribution in [0.5, 0.6) is 0 Å². The second kappa shape index (κ2) is 14.0. The predicted octanol–water partition coefficient (Wildman–Crippen LogP) is 3.23. The van der Waals surface area contributed by atoms with Crippen LogP contribution in [0.3, 0.4) is 0 Å². The number of hydrogen-bond acceptors (Lipinski definition) is 5. The SMILES string of the molecule is C=C(C)C(=O)OCCCCO.C=C(C)C(=O)OCCc1ccccc1. The summed E-state index contributed by atoms with van der Waals surface area (Å²) in [4.78, 5) is 21.7. The summed E-state index contributed by atoms with van der Waals surface area (Å²) in [5.41, 5.74) is 2.02. The largest absolute Gasteiger partial charge is 0.462 e. The zero-order valence-corrected chi connectivity index (χ0v) is 15.1. The van der Waals surface area contributed by atoms with E-state index in [1.165, 1.54) is 5.56 Å². The first kappa shape index (κ1) is 22.6. The van der Waals surface area contributed by atoms with Crippen molar-refractivity contribution in [3.8, 4) is 0 Å². The second-order valence-electron chi connectivity index (χ2n) is 5.50. The normalized spacial score (nSPS) is 9.40. The molecule has 0 amide bonds. The topological polar surface area (TPSA) is 72.8 Å². The van der Waals surface area contributed by atoms with E-state index in [-0.39, 0.29) is 18.5 Å². The Hall–Kier alpha value is -2.40. The molecular weight excluding hydrogens is 320 g/mol. The van der Waals surface area contributed by atoms with Crippen molar-refractivity contribution in [2.24, 2.45) is 0 Å². The Labute approximate surface area is 150 Å². The molecule has 0 aliphatic carbocycles. The molecule has 5 heteroatoms. The molecule has 0 fully saturated rings. The van der Waals surface area contributed by atoms with Gasteiger partial charge >= 0.3 is 11.9 Å². The van der Waals surface area contributed by atoms with Gasteiger partial charge in [0.1, 0.15) is 0 Å². The number of carbonyl (C=O) groups is 2. The summed E-state index contributed by atoms with van der Waals surface area (Å²) in [7, 11) is 0. The zero-order chi connectivity index (χ0) is 19.1. The first-order valence-corrected chi connectivity index (χ1v) is 8.18. The Kier molecular flexibility index (Phi) is 12.6. The maximum atomic E-state index is 11.0. The molecular formula is C20H28O5. The van der Waals surface area contributed by atoms with Crippen molar-refractivity contribution in [3.05, 3.63) is 60.2 Å². The number of carbonyl (C=O) groups excluding carboxylic acids is 2. The summed E-state index contributed by atoms with van der Waals surface area (Å²) in [6, 6.07) is 9.92. The van der Waals surface area contributed by atoms with E-state index in [1.807, 2.05) is 30.3 Å². The van der Waals surface area contributed by atoms with Crippen molar-refractivity contribution in [2.45, 2.75) is 33.1 Å². The number of aliphatic hydroxyl groups excluding tert-OH is 1. The van der Waals surface area contributed by atoms with Crippen LogP contribution in [0, 0.1) is 0 Å². The first-order chi connectivity index (χ1) is 11.9. The van der Waals surface area contributed by atoms with E-state index >= 15 is 0 Å². The van der Waals surface area contributed by atoms with E-state index in [0.717, 1.165) is 6.42 Å². The van der Waals surface area contributed by atoms with E-state index in [1.54, 1.807) is 13.8 Å². The first-order valence-electron chi connectivity index (χ1n) is 8.18. The monoisotopic (exact) mass is 348 g/mol. The molecule has 0 aliphatic rings. The number of ether oxygens (including phenoxy) is 2. The summed E-state index contributed by atoms with van der Waals surface area (Å²) in [6.45, 7) is 11.1. The highest BCUT2D eigenvalue weighted by Gasteiger charge is 2.02. The minimum Gasteiger partial charge on any atom is -0.462 e. The second-order valence-corrected chi connectivity index (χ2v) is 5.50. The van der Waals surface area contributed by atoms with Crippen molar-refractivity contribution in [3.63, 3.8) is 0 Å². The number of benzene rings is 1. The molecule has 0 aromatic heterocycles. The number of rotatable bonds is 9. The van der Waals surface area contributed by atoms with Gasteiger partial charge in [0, 0.05) is 24.2 Å². The molecule has 1 N–H and O–H groups in total. The van der Waals surface area contributed by atoms with Crippen LogP contribution >= 0.6 is 0 Å². The summed E-state index contributed by atoms with van der Waals surface area (Å²) >= 11 is 0. The number of aliphatic hydroxyl groups is 1. The van der Waals surface area contributed by atoms with Gasteiger partial charge in [0.05, 0.1) is 13.2 Å². The van der Waals surface area contributed by atoms with Crippen molar-refractivity contribution in [2.75, 3.05) is 19.8 Å². The lowest BCUT2D eigenvalue weighted by molar-refractivity contribution is -0.139. The van der Waals surface area contributed by atoms with Gasteiger partial charge in [-0.25, -0.2) is 9.59 Å². The molecule has 0 atom stereocenters. The fourth-order valence-corrected chi connectivity index (χ4v) is 1.53. The maximum absolute atomic E-state index is 11.0. The van der Waals surface area contributed by atoms with E-state index in [2.05, 4.69) is 13.2 Å². The average Bonchev–Trinajstić information content (AvgIpc) is 2.59. The molecule has 1 aromatic rings. The Bertz CT molecular complexity index is 548. The molecule has 0 bridgehead atoms. The third-order valence-electron chi connectivity index (χ3n) is 2.95. The van der Waals surface area contributed by atoms with Crippen LogP contribution < -0.4 is 0 Å². The van der Waals surface area contributed by atoms with E-state index in [9.17, 15) is 9.59 Å². The van der Waals surface area contributed by atoms with Crippen LogP contribution in [-0.4, -0.2) is 36.9 Å². The lowest BCUT2D eigenvalue weighted by Crippen LogP contribution is -2.07. The zero-order valence-electron chi connectivity index (χ0n) is 15.1. The van der Waals surface area contributed by atoms with Crippen molar-refractivity contribution in [1.29, 1.82) is 0 Å². The molecule has 25 heavy (non-hydrogen) atoms. The highest BCUT2D eigenvalue weighted by atomic mass is 16.5. The van der Waals surface area contributed by atoms with Crippen LogP contribution in [-0.2, 0) is 25.5 Å². The van der Waals surface area contributed by atoms with Crippen molar-refractivity contribution >= 4 is 11.9 Å². The summed E-state index contributed by atoms with van der Waals surface area (Å²) in [5, 5.41) is 8.38. The molecule has 1 rings (SSSR count). The third-order valence-corrected chi connectivity index (χ3v) is 2.95. The minimum absolute atomic E-state index is 0.143. The van der Waals surface area contributed by atoms with Gasteiger partial charge in [-0.05, 0) is 32.3 Å². The molecule has 0 heterocycles. The minimum atomic E-state index is -0.358. The molecule has 0 aliphatic heterocycles. The quantitative estimate of drug-likeness (QED) is 0.421. The lowest BCUT2D eigenvalue weighted by Gasteiger charge is -2.03. The smallest absolute Gasteiger partial charge is 0.333 e. The van der Waals surface area contributed by atoms with E-state index in [0.29, 0.717) is 37.2 Å². The van der Waals surface area contributed by atoms with Gasteiger partial charge in [-0.3, -0.25) is 0 Å². The van der Waals surface area contributed by atoms with Crippen LogP contribution in [0.1, 0.15) is 32.3 Å². The molecule has 0 unspecified atom stereocenters. The highest BCUT2D eigenvalue weighted by molar-refractivity contribution is 5.87. The van der Waals surface area contributed by atoms with Gasteiger partial charge < -0.3 is 14.6 Å². The fourth-order valence-electron chi connectivity index (χ4n) is 1.53. The predicted molar refractivity (Wildman–Crippen MR) is 98.0 cm³/mol. The van der Waals surface area contributed by atoms with Gasteiger partial charge in [0.2, 0.25) is 0 Å². The van der Waals surface area contributed by atoms with Gasteiger partial charge in [-0.2, -0.15) is 0 Å². The molecule has 0 radical (unpaired) electrons. The number of hydrogen-bond donors (Lipinski definition) is 1. The van der Waals surface area contributed by atoms with Gasteiger partial charge in [0.15, 0.2) is 0 Å². The average molecular weight is 348 g/mol. The summed E-state index contributed by atoms with van der Waals surface area (Å²) < 4.78 is 9.72. The van der Waals surface area contributed by atoms with Crippen molar-refractivity contribution < 1.29 is 24.2 Å². The third kappa shape index (κ3) is 12.7. The van der Waals surface area contributed by atoms with E-state index in [4.69, 9.17) is 14.6 Å². The van der Waals surface area contributed by atoms with E-state index < -0.39 is 0 Å². The molecule has 0 saturated carbocycles.